The minimum absolute atomic E-state index is 0.179. The van der Waals surface area contributed by atoms with Gasteiger partial charge in [0.15, 0.2) is 0 Å². The number of methoxy groups -OCH3 is 2. The third-order valence-electron chi connectivity index (χ3n) is 7.10. The number of nitrogens with zero attached hydrogens (tertiary/aromatic N) is 3. The highest BCUT2D eigenvalue weighted by Crippen LogP contribution is 2.47. The van der Waals surface area contributed by atoms with Gasteiger partial charge < -0.3 is 18.8 Å². The molecule has 0 unspecified atom stereocenters. The summed E-state index contributed by atoms with van der Waals surface area (Å²) in [7, 11) is 5.31. The summed E-state index contributed by atoms with van der Waals surface area (Å²) in [6.07, 6.45) is 3.71. The summed E-state index contributed by atoms with van der Waals surface area (Å²) in [6.45, 7) is 4.40. The molecular formula is C32H29N3O3. The van der Waals surface area contributed by atoms with Crippen LogP contribution in [-0.2, 0) is 5.41 Å². The topological polar surface area (TPSA) is 71.0 Å². The predicted molar refractivity (Wildman–Crippen MR) is 152 cm³/mol. The zero-order valence-corrected chi connectivity index (χ0v) is 22.1. The molecule has 2 heterocycles. The summed E-state index contributed by atoms with van der Waals surface area (Å²) >= 11 is 0. The van der Waals surface area contributed by atoms with Crippen LogP contribution in [0.15, 0.2) is 94.0 Å². The van der Waals surface area contributed by atoms with E-state index in [9.17, 15) is 5.26 Å². The minimum Gasteiger partial charge on any atom is -0.497 e. The van der Waals surface area contributed by atoms with Gasteiger partial charge in [0.1, 0.15) is 28.9 Å². The maximum Gasteiger partial charge on any atom is 0.238 e. The van der Waals surface area contributed by atoms with Crippen molar-refractivity contribution in [3.05, 3.63) is 95.7 Å². The zero-order chi connectivity index (χ0) is 26.9. The molecule has 6 heteroatoms. The molecule has 0 fully saturated rings. The summed E-state index contributed by atoms with van der Waals surface area (Å²) < 4.78 is 16.9. The molecule has 1 aromatic heterocycles. The number of aliphatic imine (C=N–C) groups is 1. The van der Waals surface area contributed by atoms with Crippen molar-refractivity contribution in [3.63, 3.8) is 0 Å². The lowest BCUT2D eigenvalue weighted by Crippen LogP contribution is -2.23. The molecule has 0 amide bonds. The molecule has 3 aromatic carbocycles. The second-order valence-corrected chi connectivity index (χ2v) is 9.59. The Morgan fingerprint density at radius 2 is 1.50 bits per heavy atom. The number of hydrogen-bond donors (Lipinski definition) is 0. The second-order valence-electron chi connectivity index (χ2n) is 9.59. The number of benzene rings is 3. The van der Waals surface area contributed by atoms with Crippen molar-refractivity contribution < 1.29 is 13.9 Å². The first-order valence-electron chi connectivity index (χ1n) is 12.3. The van der Waals surface area contributed by atoms with Crippen LogP contribution in [0.5, 0.6) is 11.5 Å². The Balaban J connectivity index is 1.60. The maximum absolute atomic E-state index is 10.2. The van der Waals surface area contributed by atoms with Crippen LogP contribution in [0.1, 0.15) is 25.0 Å². The zero-order valence-electron chi connectivity index (χ0n) is 22.1. The van der Waals surface area contributed by atoms with Crippen molar-refractivity contribution in [2.24, 2.45) is 4.99 Å². The standard InChI is InChI=1S/C32H29N3O3/c1-32(2)26-8-6-7-9-27(26)35(3)28(32)18-19-34-31-25(20-33)29(21-10-14-23(36-4)15-11-21)30(38-31)22-12-16-24(37-5)17-13-22/h6-19H,1-5H3. The molecule has 6 nitrogen and oxygen atoms in total. The Morgan fingerprint density at radius 3 is 2.08 bits per heavy atom. The van der Waals surface area contributed by atoms with Crippen LogP contribution in [0, 0.1) is 11.3 Å². The van der Waals surface area contributed by atoms with Gasteiger partial charge in [-0.05, 0) is 59.7 Å². The smallest absolute Gasteiger partial charge is 0.238 e. The molecule has 1 aliphatic heterocycles. The first-order chi connectivity index (χ1) is 18.4. The number of likely N-dealkylation sites (N-methyl/N-ethyl adjacent to an activating group) is 1. The van der Waals surface area contributed by atoms with Crippen molar-refractivity contribution in [2.45, 2.75) is 19.3 Å². The van der Waals surface area contributed by atoms with Gasteiger partial charge in [0, 0.05) is 41.2 Å². The quantitative estimate of drug-likeness (QED) is 0.255. The van der Waals surface area contributed by atoms with Gasteiger partial charge in [-0.25, -0.2) is 4.99 Å². The van der Waals surface area contributed by atoms with Crippen LogP contribution in [0.2, 0.25) is 0 Å². The Hall–Kier alpha value is -4.76. The SMILES string of the molecule is COc1ccc(-c2oc(N=CC=C3N(C)c4ccccc4C3(C)C)c(C#N)c2-c2ccc(OC)cc2)cc1. The monoisotopic (exact) mass is 503 g/mol. The fourth-order valence-electron chi connectivity index (χ4n) is 5.07. The highest BCUT2D eigenvalue weighted by molar-refractivity contribution is 5.89. The van der Waals surface area contributed by atoms with Crippen LogP contribution in [0.25, 0.3) is 22.5 Å². The van der Waals surface area contributed by atoms with Gasteiger partial charge in [-0.3, -0.25) is 0 Å². The van der Waals surface area contributed by atoms with Crippen molar-refractivity contribution in [1.82, 2.24) is 0 Å². The minimum atomic E-state index is -0.179. The largest absolute Gasteiger partial charge is 0.497 e. The van der Waals surface area contributed by atoms with Gasteiger partial charge in [0.2, 0.25) is 5.88 Å². The Bertz CT molecular complexity index is 1570. The van der Waals surface area contributed by atoms with E-state index in [-0.39, 0.29) is 11.3 Å². The van der Waals surface area contributed by atoms with Crippen molar-refractivity contribution in [1.29, 1.82) is 5.26 Å². The van der Waals surface area contributed by atoms with Crippen LogP contribution >= 0.6 is 0 Å². The molecular weight excluding hydrogens is 474 g/mol. The first kappa shape index (κ1) is 24.9. The van der Waals surface area contributed by atoms with Crippen molar-refractivity contribution >= 4 is 17.8 Å². The van der Waals surface area contributed by atoms with E-state index in [2.05, 4.69) is 55.1 Å². The summed E-state index contributed by atoms with van der Waals surface area (Å²) in [6, 6.07) is 25.8. The Kier molecular flexibility index (Phi) is 6.52. The van der Waals surface area contributed by atoms with E-state index < -0.39 is 0 Å². The van der Waals surface area contributed by atoms with Crippen molar-refractivity contribution in [3.8, 4) is 40.0 Å². The van der Waals surface area contributed by atoms with Crippen LogP contribution < -0.4 is 14.4 Å². The van der Waals surface area contributed by atoms with Crippen molar-refractivity contribution in [2.75, 3.05) is 26.2 Å². The number of ether oxygens (including phenoxy) is 2. The molecule has 0 N–H and O–H groups in total. The number of nitriles is 1. The van der Waals surface area contributed by atoms with Gasteiger partial charge >= 0.3 is 0 Å². The van der Waals surface area contributed by atoms with Crippen LogP contribution in [-0.4, -0.2) is 27.5 Å². The van der Waals surface area contributed by atoms with E-state index in [1.165, 1.54) is 11.3 Å². The molecule has 0 saturated carbocycles. The van der Waals surface area contributed by atoms with Gasteiger partial charge in [-0.15, -0.1) is 0 Å². The number of anilines is 1. The first-order valence-corrected chi connectivity index (χ1v) is 12.3. The normalized spacial score (nSPS) is 15.1. The highest BCUT2D eigenvalue weighted by atomic mass is 16.5. The lowest BCUT2D eigenvalue weighted by atomic mass is 9.84. The summed E-state index contributed by atoms with van der Waals surface area (Å²) in [4.78, 5) is 6.82. The van der Waals surface area contributed by atoms with E-state index in [4.69, 9.17) is 13.9 Å². The number of allylic oxidation sites excluding steroid dienone is 2. The molecule has 0 bridgehead atoms. The maximum atomic E-state index is 10.2. The summed E-state index contributed by atoms with van der Waals surface area (Å²) in [5.41, 5.74) is 6.09. The molecule has 0 aliphatic carbocycles. The van der Waals surface area contributed by atoms with Gasteiger partial charge in [0.25, 0.3) is 0 Å². The molecule has 1 aliphatic rings. The fourth-order valence-corrected chi connectivity index (χ4v) is 5.07. The molecule has 0 atom stereocenters. The molecule has 190 valence electrons. The summed E-state index contributed by atoms with van der Waals surface area (Å²) in [5.74, 6) is 2.30. The van der Waals surface area contributed by atoms with Gasteiger partial charge in [0.05, 0.1) is 14.2 Å². The molecule has 0 saturated heterocycles. The Morgan fingerprint density at radius 1 is 0.895 bits per heavy atom. The average molecular weight is 504 g/mol. The summed E-state index contributed by atoms with van der Waals surface area (Å²) in [5, 5.41) is 10.2. The third kappa shape index (κ3) is 4.22. The number of furan rings is 1. The molecule has 0 radical (unpaired) electrons. The predicted octanol–water partition coefficient (Wildman–Crippen LogP) is 7.52. The van der Waals surface area contributed by atoms with Crippen LogP contribution in [0.3, 0.4) is 0 Å². The van der Waals surface area contributed by atoms with Gasteiger partial charge in [-0.2, -0.15) is 5.26 Å². The second kappa shape index (κ2) is 9.95. The molecule has 4 aromatic rings. The van der Waals surface area contributed by atoms with Crippen LogP contribution in [0.4, 0.5) is 11.6 Å². The molecule has 38 heavy (non-hydrogen) atoms. The van der Waals surface area contributed by atoms with E-state index in [0.29, 0.717) is 16.9 Å². The average Bonchev–Trinajstić information content (AvgIpc) is 3.41. The Labute approximate surface area is 223 Å². The number of para-hydroxylation sites is 1. The fraction of sp³-hybridized carbons (Fsp3) is 0.188. The van der Waals surface area contributed by atoms with E-state index in [0.717, 1.165) is 28.3 Å². The molecule has 0 spiro atoms. The lowest BCUT2D eigenvalue weighted by molar-refractivity contribution is 0.414. The third-order valence-corrected chi connectivity index (χ3v) is 7.10. The molecule has 5 rings (SSSR count). The highest BCUT2D eigenvalue weighted by Gasteiger charge is 2.37. The lowest BCUT2D eigenvalue weighted by Gasteiger charge is -2.23. The number of hydrogen-bond acceptors (Lipinski definition) is 6. The number of fused-ring (bicyclic) bond motifs is 1. The van der Waals surface area contributed by atoms with Gasteiger partial charge in [-0.1, -0.05) is 44.2 Å². The van der Waals surface area contributed by atoms with E-state index in [1.807, 2.05) is 60.7 Å². The van der Waals surface area contributed by atoms with E-state index >= 15 is 0 Å². The number of rotatable bonds is 6. The van der Waals surface area contributed by atoms with E-state index in [1.54, 1.807) is 20.4 Å².